The summed E-state index contributed by atoms with van der Waals surface area (Å²) in [6, 6.07) is 0. The zero-order valence-corrected chi connectivity index (χ0v) is 30.4. The third-order valence-corrected chi connectivity index (χ3v) is 20.5. The topological polar surface area (TPSA) is 55.8 Å². The molecule has 0 aromatic rings. The van der Waals surface area contributed by atoms with Gasteiger partial charge in [-0.05, 0) is 98.5 Å². The minimum atomic E-state index is -1.96. The second-order valence-corrected chi connectivity index (χ2v) is 26.0. The summed E-state index contributed by atoms with van der Waals surface area (Å²) in [4.78, 5) is 11.0. The summed E-state index contributed by atoms with van der Waals surface area (Å²) >= 11 is 0. The van der Waals surface area contributed by atoms with Gasteiger partial charge in [-0.1, -0.05) is 91.2 Å². The van der Waals surface area contributed by atoms with E-state index in [0.717, 1.165) is 25.7 Å². The molecule has 0 spiro atoms. The highest BCUT2D eigenvalue weighted by atomic mass is 28.4. The minimum Gasteiger partial charge on any atom is -0.481 e. The second-order valence-electron chi connectivity index (χ2n) is 16.5. The maximum atomic E-state index is 11.0. The summed E-state index contributed by atoms with van der Waals surface area (Å²) in [5, 5.41) is 9.39. The molecule has 0 heterocycles. The Hall–Kier alpha value is -0.876. The van der Waals surface area contributed by atoms with E-state index >= 15 is 0 Å². The van der Waals surface area contributed by atoms with E-state index in [-0.39, 0.29) is 34.6 Å². The van der Waals surface area contributed by atoms with Crippen LogP contribution in [0.1, 0.15) is 113 Å². The predicted molar refractivity (Wildman–Crippen MR) is 177 cm³/mol. The molecule has 0 aliphatic heterocycles. The average Bonchev–Trinajstić information content (AvgIpc) is 2.85. The van der Waals surface area contributed by atoms with E-state index in [4.69, 9.17) is 14.0 Å². The number of hydrogen-bond acceptors (Lipinski definition) is 3. The van der Waals surface area contributed by atoms with Crippen molar-refractivity contribution in [3.63, 3.8) is 0 Å². The second kappa shape index (κ2) is 13.4. The van der Waals surface area contributed by atoms with Gasteiger partial charge in [0.05, 0.1) is 6.10 Å². The van der Waals surface area contributed by atoms with E-state index < -0.39 is 22.6 Å². The van der Waals surface area contributed by atoms with Crippen LogP contribution >= 0.6 is 0 Å². The lowest BCUT2D eigenvalue weighted by molar-refractivity contribution is -0.137. The number of allylic oxidation sites excluding steroid dienone is 2. The van der Waals surface area contributed by atoms with Crippen LogP contribution in [0.4, 0.5) is 0 Å². The number of rotatable bonds is 9. The van der Waals surface area contributed by atoms with Crippen molar-refractivity contribution in [3.8, 4) is 11.8 Å². The Morgan fingerprint density at radius 3 is 2.15 bits per heavy atom. The molecule has 234 valence electrons. The largest absolute Gasteiger partial charge is 0.481 e. The third-order valence-electron chi connectivity index (χ3n) is 11.5. The van der Waals surface area contributed by atoms with Crippen molar-refractivity contribution < 1.29 is 18.8 Å². The molecule has 41 heavy (non-hydrogen) atoms. The molecule has 3 saturated carbocycles. The molecule has 1 N–H and O–H groups in total. The lowest BCUT2D eigenvalue weighted by atomic mass is 9.51. The monoisotopic (exact) mass is 602 g/mol. The molecular formula is C35H62O4Si2. The third kappa shape index (κ3) is 8.40. The Bertz CT molecular complexity index is 984. The number of carboxylic acid groups (broad SMARTS) is 1. The van der Waals surface area contributed by atoms with Crippen LogP contribution < -0.4 is 0 Å². The van der Waals surface area contributed by atoms with Crippen molar-refractivity contribution in [2.45, 2.75) is 161 Å². The van der Waals surface area contributed by atoms with Gasteiger partial charge in [0.1, 0.15) is 6.10 Å². The minimum absolute atomic E-state index is 0.0199. The lowest BCUT2D eigenvalue weighted by Gasteiger charge is -2.55. The zero-order chi connectivity index (χ0) is 30.8. The Balaban J connectivity index is 1.93. The van der Waals surface area contributed by atoms with Gasteiger partial charge in [0, 0.05) is 12.3 Å². The maximum Gasteiger partial charge on any atom is 0.303 e. The van der Waals surface area contributed by atoms with Crippen LogP contribution in [0.2, 0.25) is 36.3 Å². The number of fused-ring (bicyclic) bond motifs is 1. The van der Waals surface area contributed by atoms with Crippen LogP contribution in [-0.4, -0.2) is 39.9 Å². The van der Waals surface area contributed by atoms with E-state index in [2.05, 4.69) is 92.6 Å². The molecule has 2 unspecified atom stereocenters. The summed E-state index contributed by atoms with van der Waals surface area (Å²) in [7, 11) is -3.92. The number of aliphatic carboxylic acids is 1. The van der Waals surface area contributed by atoms with Crippen LogP contribution in [0.15, 0.2) is 11.6 Å². The Morgan fingerprint density at radius 2 is 1.59 bits per heavy atom. The highest BCUT2D eigenvalue weighted by Crippen LogP contribution is 2.57. The van der Waals surface area contributed by atoms with E-state index in [0.29, 0.717) is 23.7 Å². The molecule has 0 saturated heterocycles. The maximum absolute atomic E-state index is 11.0. The van der Waals surface area contributed by atoms with Gasteiger partial charge in [-0.15, -0.1) is 0 Å². The van der Waals surface area contributed by atoms with Gasteiger partial charge < -0.3 is 14.0 Å². The van der Waals surface area contributed by atoms with Gasteiger partial charge >= 0.3 is 5.97 Å². The first-order valence-corrected chi connectivity index (χ1v) is 22.5. The number of carboxylic acids is 1. The molecule has 0 aromatic carbocycles. The predicted octanol–water partition coefficient (Wildman–Crippen LogP) is 9.82. The first-order valence-electron chi connectivity index (χ1n) is 16.6. The first-order chi connectivity index (χ1) is 18.9. The van der Waals surface area contributed by atoms with Crippen molar-refractivity contribution in [2.75, 3.05) is 0 Å². The molecule has 0 amide bonds. The average molecular weight is 603 g/mol. The molecule has 0 aromatic heterocycles. The fourth-order valence-electron chi connectivity index (χ4n) is 6.79. The number of hydrogen-bond donors (Lipinski definition) is 1. The molecular weight excluding hydrogens is 541 g/mol. The Morgan fingerprint density at radius 1 is 0.976 bits per heavy atom. The summed E-state index contributed by atoms with van der Waals surface area (Å²) in [6.07, 6.45) is 13.0. The molecule has 0 bridgehead atoms. The lowest BCUT2D eigenvalue weighted by Crippen LogP contribution is -2.54. The summed E-state index contributed by atoms with van der Waals surface area (Å²) in [5.41, 5.74) is 1.54. The Labute approximate surface area is 255 Å². The molecule has 4 nitrogen and oxygen atoms in total. The highest BCUT2D eigenvalue weighted by Gasteiger charge is 2.53. The molecule has 3 rings (SSSR count). The van der Waals surface area contributed by atoms with E-state index in [1.165, 1.54) is 32.1 Å². The van der Waals surface area contributed by atoms with E-state index in [9.17, 15) is 4.79 Å². The van der Waals surface area contributed by atoms with Crippen LogP contribution in [0.3, 0.4) is 0 Å². The Kier molecular flexibility index (Phi) is 11.3. The highest BCUT2D eigenvalue weighted by molar-refractivity contribution is 6.74. The normalized spacial score (nSPS) is 29.7. The smallest absolute Gasteiger partial charge is 0.303 e. The van der Waals surface area contributed by atoms with Gasteiger partial charge in [-0.25, -0.2) is 0 Å². The van der Waals surface area contributed by atoms with E-state index in [1.807, 2.05) is 0 Å². The van der Waals surface area contributed by atoms with Crippen molar-refractivity contribution in [2.24, 2.45) is 29.6 Å². The van der Waals surface area contributed by atoms with Gasteiger partial charge in [0.25, 0.3) is 0 Å². The molecule has 3 aliphatic rings. The quantitative estimate of drug-likeness (QED) is 0.123. The summed E-state index contributed by atoms with van der Waals surface area (Å²) < 4.78 is 14.3. The fraction of sp³-hybridized carbons (Fsp3) is 0.857. The van der Waals surface area contributed by atoms with Gasteiger partial charge in [0.15, 0.2) is 16.6 Å². The summed E-state index contributed by atoms with van der Waals surface area (Å²) in [5.74, 6) is 9.37. The molecule has 3 fully saturated rings. The van der Waals surface area contributed by atoms with Gasteiger partial charge in [0.2, 0.25) is 0 Å². The van der Waals surface area contributed by atoms with Crippen LogP contribution in [0.25, 0.3) is 0 Å². The van der Waals surface area contributed by atoms with Crippen molar-refractivity contribution in [1.29, 1.82) is 0 Å². The van der Waals surface area contributed by atoms with Crippen LogP contribution in [0, 0.1) is 41.4 Å². The van der Waals surface area contributed by atoms with Crippen LogP contribution in [0.5, 0.6) is 0 Å². The standard InChI is InChI=1S/C35H62O4Si2/c1-25-27(19-15-16-20-32(36)37)28-21-24-31(39-41(10,11)35(5,6)7)29(33(25)28)22-23-30(26-17-13-12-14-18-26)38-40(8,9)34(2,3)4/h19,25-26,28-31,33H,12-18,20-21,24H2,1-11H3,(H,36,37)/b27-19-/t25?,28-,29+,30?,31-,33+/m1/s1. The fourth-order valence-corrected chi connectivity index (χ4v) is 9.41. The van der Waals surface area contributed by atoms with Crippen molar-refractivity contribution >= 4 is 22.6 Å². The van der Waals surface area contributed by atoms with Gasteiger partial charge in [-0.3, -0.25) is 4.79 Å². The van der Waals surface area contributed by atoms with Crippen molar-refractivity contribution in [3.05, 3.63) is 11.6 Å². The van der Waals surface area contributed by atoms with Crippen LogP contribution in [-0.2, 0) is 13.6 Å². The summed E-state index contributed by atoms with van der Waals surface area (Å²) in [6.45, 7) is 25.9. The molecule has 0 radical (unpaired) electrons. The van der Waals surface area contributed by atoms with Gasteiger partial charge in [-0.2, -0.15) is 0 Å². The molecule has 6 atom stereocenters. The first kappa shape index (κ1) is 34.6. The van der Waals surface area contributed by atoms with Crippen molar-refractivity contribution in [1.82, 2.24) is 0 Å². The number of carbonyl (C=O) groups is 1. The molecule has 6 heteroatoms. The number of unbranched alkanes of at least 4 members (excludes halogenated alkanes) is 1. The zero-order valence-electron chi connectivity index (χ0n) is 28.4. The van der Waals surface area contributed by atoms with E-state index in [1.54, 1.807) is 5.57 Å². The SMILES string of the molecule is CC1/C(=C/CCCC(=O)O)[C@H]2CC[C@@H](O[Si](C)(C)C(C)(C)C)[C@H](C#CC(O[Si](C)(C)C(C)(C)C)C3CCCCC3)[C@@H]12. The molecule has 3 aliphatic carbocycles.